The summed E-state index contributed by atoms with van der Waals surface area (Å²) in [5.41, 5.74) is 0.719. The second-order valence-electron chi connectivity index (χ2n) is 5.40. The van der Waals surface area contributed by atoms with Crippen molar-refractivity contribution in [2.45, 2.75) is 10.2 Å². The van der Waals surface area contributed by atoms with Gasteiger partial charge in [0, 0.05) is 17.1 Å². The highest BCUT2D eigenvalue weighted by Gasteiger charge is 2.28. The first kappa shape index (κ1) is 19.5. The number of benzene rings is 1. The highest BCUT2D eigenvalue weighted by molar-refractivity contribution is 6.66. The first-order valence-electron chi connectivity index (χ1n) is 7.23. The number of hydrogen-bond acceptors (Lipinski definition) is 5. The van der Waals surface area contributed by atoms with E-state index >= 15 is 0 Å². The van der Waals surface area contributed by atoms with Gasteiger partial charge in [-0.2, -0.15) is 9.97 Å². The molecular weight excluding hydrogens is 392 g/mol. The van der Waals surface area contributed by atoms with E-state index < -0.39 is 3.79 Å². The molecule has 1 heterocycles. The van der Waals surface area contributed by atoms with E-state index in [-0.39, 0.29) is 5.82 Å². The third kappa shape index (κ3) is 5.90. The Hall–Kier alpha value is -0.850. The van der Waals surface area contributed by atoms with Crippen molar-refractivity contribution in [3.63, 3.8) is 0 Å². The molecule has 0 bridgehead atoms. The fourth-order valence-corrected chi connectivity index (χ4v) is 2.38. The van der Waals surface area contributed by atoms with Crippen LogP contribution in [0.15, 0.2) is 24.3 Å². The van der Waals surface area contributed by atoms with Crippen molar-refractivity contribution >= 4 is 52.4 Å². The molecule has 0 atom stereocenters. The Kier molecular flexibility index (Phi) is 6.89. The lowest BCUT2D eigenvalue weighted by molar-refractivity contribution is 0.405. The summed E-state index contributed by atoms with van der Waals surface area (Å²) in [5, 5.41) is 3.71. The number of nitrogens with zero attached hydrogens (tertiary/aromatic N) is 4. The number of anilines is 1. The number of aromatic nitrogens is 3. The zero-order chi connectivity index (χ0) is 17.7. The van der Waals surface area contributed by atoms with Crippen LogP contribution in [0.3, 0.4) is 0 Å². The van der Waals surface area contributed by atoms with Crippen LogP contribution in [0.25, 0.3) is 11.4 Å². The summed E-state index contributed by atoms with van der Waals surface area (Å²) in [7, 11) is 4.03. The molecule has 24 heavy (non-hydrogen) atoms. The standard InChI is InChI=1S/C15H17Cl4N5/c1-24(2)8-4-7-20-14-22-12(10-5-3-6-11(16)9-10)21-13(23-14)15(17,18)19/h3,5-6,9H,4,7-8H2,1-2H3,(H,20,21,22,23). The highest BCUT2D eigenvalue weighted by Crippen LogP contribution is 2.36. The van der Waals surface area contributed by atoms with Crippen molar-refractivity contribution in [3.8, 4) is 11.4 Å². The van der Waals surface area contributed by atoms with E-state index in [1.165, 1.54) is 0 Å². The van der Waals surface area contributed by atoms with Crippen LogP contribution in [0.1, 0.15) is 12.2 Å². The predicted molar refractivity (Wildman–Crippen MR) is 101 cm³/mol. The number of rotatable bonds is 6. The smallest absolute Gasteiger partial charge is 0.250 e. The van der Waals surface area contributed by atoms with Crippen LogP contribution in [0, 0.1) is 0 Å². The maximum absolute atomic E-state index is 6.03. The van der Waals surface area contributed by atoms with Gasteiger partial charge in [-0.25, -0.2) is 4.98 Å². The lowest BCUT2D eigenvalue weighted by Crippen LogP contribution is -2.18. The van der Waals surface area contributed by atoms with Gasteiger partial charge < -0.3 is 10.2 Å². The van der Waals surface area contributed by atoms with Crippen LogP contribution in [0.2, 0.25) is 5.02 Å². The molecule has 5 nitrogen and oxygen atoms in total. The summed E-state index contributed by atoms with van der Waals surface area (Å²) >= 11 is 23.9. The fraction of sp³-hybridized carbons (Fsp3) is 0.400. The highest BCUT2D eigenvalue weighted by atomic mass is 35.6. The zero-order valence-electron chi connectivity index (χ0n) is 13.2. The van der Waals surface area contributed by atoms with E-state index in [4.69, 9.17) is 46.4 Å². The molecule has 9 heteroatoms. The minimum Gasteiger partial charge on any atom is -0.354 e. The maximum Gasteiger partial charge on any atom is 0.250 e. The topological polar surface area (TPSA) is 53.9 Å². The molecule has 1 aromatic carbocycles. The van der Waals surface area contributed by atoms with E-state index in [1.54, 1.807) is 18.2 Å². The molecule has 0 aliphatic carbocycles. The Morgan fingerprint density at radius 3 is 2.50 bits per heavy atom. The molecule has 0 unspecified atom stereocenters. The third-order valence-corrected chi connectivity index (χ3v) is 3.78. The number of nitrogens with one attached hydrogen (secondary N) is 1. The van der Waals surface area contributed by atoms with E-state index in [1.807, 2.05) is 20.2 Å². The number of hydrogen-bond donors (Lipinski definition) is 1. The Labute approximate surface area is 161 Å². The van der Waals surface area contributed by atoms with Gasteiger partial charge in [-0.05, 0) is 39.2 Å². The van der Waals surface area contributed by atoms with Crippen LogP contribution in [-0.2, 0) is 3.79 Å². The van der Waals surface area contributed by atoms with Crippen LogP contribution < -0.4 is 5.32 Å². The average Bonchev–Trinajstić information content (AvgIpc) is 2.50. The molecule has 0 saturated carbocycles. The Morgan fingerprint density at radius 2 is 1.88 bits per heavy atom. The quantitative estimate of drug-likeness (QED) is 0.567. The summed E-state index contributed by atoms with van der Waals surface area (Å²) in [6.45, 7) is 1.63. The van der Waals surface area contributed by atoms with Gasteiger partial charge >= 0.3 is 0 Å². The van der Waals surface area contributed by atoms with Gasteiger partial charge in [-0.3, -0.25) is 0 Å². The van der Waals surface area contributed by atoms with Crippen LogP contribution in [0.4, 0.5) is 5.95 Å². The molecule has 1 aromatic heterocycles. The van der Waals surface area contributed by atoms with Crippen LogP contribution in [-0.4, -0.2) is 47.0 Å². The van der Waals surface area contributed by atoms with Crippen molar-refractivity contribution < 1.29 is 0 Å². The average molecular weight is 409 g/mol. The van der Waals surface area contributed by atoms with Gasteiger partial charge in [0.25, 0.3) is 0 Å². The molecule has 0 amide bonds. The van der Waals surface area contributed by atoms with Crippen molar-refractivity contribution in [2.24, 2.45) is 0 Å². The van der Waals surface area contributed by atoms with Gasteiger partial charge in [0.1, 0.15) is 0 Å². The summed E-state index contributed by atoms with van der Waals surface area (Å²) in [6, 6.07) is 7.15. The molecule has 0 spiro atoms. The van der Waals surface area contributed by atoms with E-state index in [0.717, 1.165) is 18.5 Å². The van der Waals surface area contributed by atoms with Crippen molar-refractivity contribution in [1.82, 2.24) is 19.9 Å². The van der Waals surface area contributed by atoms with E-state index in [2.05, 4.69) is 25.2 Å². The molecule has 1 N–H and O–H groups in total. The van der Waals surface area contributed by atoms with Gasteiger partial charge in [0.15, 0.2) is 11.6 Å². The van der Waals surface area contributed by atoms with Gasteiger partial charge in [-0.15, -0.1) is 0 Å². The van der Waals surface area contributed by atoms with Crippen LogP contribution >= 0.6 is 46.4 Å². The lowest BCUT2D eigenvalue weighted by Gasteiger charge is -2.14. The predicted octanol–water partition coefficient (Wildman–Crippen LogP) is 4.38. The SMILES string of the molecule is CN(C)CCCNc1nc(-c2cccc(Cl)c2)nc(C(Cl)(Cl)Cl)n1. The monoisotopic (exact) mass is 407 g/mol. The largest absolute Gasteiger partial charge is 0.354 e. The molecule has 0 aliphatic heterocycles. The molecule has 130 valence electrons. The second-order valence-corrected chi connectivity index (χ2v) is 8.12. The maximum atomic E-state index is 6.03. The summed E-state index contributed by atoms with van der Waals surface area (Å²) in [4.78, 5) is 14.9. The molecular formula is C15H17Cl4N5. The van der Waals surface area contributed by atoms with Crippen LogP contribution in [0.5, 0.6) is 0 Å². The Morgan fingerprint density at radius 1 is 1.12 bits per heavy atom. The number of halogens is 4. The summed E-state index contributed by atoms with van der Waals surface area (Å²) < 4.78 is -1.74. The zero-order valence-corrected chi connectivity index (χ0v) is 16.3. The Balaban J connectivity index is 2.28. The second kappa shape index (κ2) is 8.50. The minimum atomic E-state index is -1.74. The molecule has 2 rings (SSSR count). The van der Waals surface area contributed by atoms with Gasteiger partial charge in [0.2, 0.25) is 9.74 Å². The molecule has 0 radical (unpaired) electrons. The molecule has 0 fully saturated rings. The van der Waals surface area contributed by atoms with Crippen molar-refractivity contribution in [3.05, 3.63) is 35.1 Å². The minimum absolute atomic E-state index is 0.0626. The first-order valence-corrected chi connectivity index (χ1v) is 8.75. The summed E-state index contributed by atoms with van der Waals surface area (Å²) in [5.74, 6) is 0.816. The van der Waals surface area contributed by atoms with E-state index in [9.17, 15) is 0 Å². The molecule has 0 aliphatic rings. The van der Waals surface area contributed by atoms with E-state index in [0.29, 0.717) is 23.3 Å². The van der Waals surface area contributed by atoms with Crippen molar-refractivity contribution in [1.29, 1.82) is 0 Å². The van der Waals surface area contributed by atoms with Gasteiger partial charge in [-0.1, -0.05) is 58.5 Å². The third-order valence-electron chi connectivity index (χ3n) is 3.04. The molecule has 0 saturated heterocycles. The molecule has 2 aromatic rings. The van der Waals surface area contributed by atoms with Gasteiger partial charge in [0.05, 0.1) is 0 Å². The lowest BCUT2D eigenvalue weighted by atomic mass is 10.2. The summed E-state index contributed by atoms with van der Waals surface area (Å²) in [6.07, 6.45) is 0.925. The fourth-order valence-electron chi connectivity index (χ4n) is 1.93. The van der Waals surface area contributed by atoms with Crippen molar-refractivity contribution in [2.75, 3.05) is 32.5 Å². The first-order chi connectivity index (χ1) is 11.3. The number of alkyl halides is 3. The normalized spacial score (nSPS) is 11.8. The Bertz CT molecular complexity index is 688.